The Kier molecular flexibility index (Phi) is 8.90. The summed E-state index contributed by atoms with van der Waals surface area (Å²) < 4.78 is 5.19. The fourth-order valence-electron chi connectivity index (χ4n) is 3.65. The van der Waals surface area contributed by atoms with Crippen LogP contribution in [0, 0.1) is 0 Å². The van der Waals surface area contributed by atoms with E-state index in [1.54, 1.807) is 24.1 Å². The van der Waals surface area contributed by atoms with Gasteiger partial charge in [0.05, 0.1) is 7.11 Å². The van der Waals surface area contributed by atoms with E-state index in [1.165, 1.54) is 6.92 Å². The Morgan fingerprint density at radius 2 is 1.55 bits per heavy atom. The van der Waals surface area contributed by atoms with Gasteiger partial charge in [0, 0.05) is 31.5 Å². The van der Waals surface area contributed by atoms with Gasteiger partial charge in [-0.2, -0.15) is 0 Å². The molecule has 172 valence electrons. The number of amides is 2. The zero-order chi connectivity index (χ0) is 23.6. The molecule has 0 aliphatic heterocycles. The van der Waals surface area contributed by atoms with Crippen LogP contribution < -0.4 is 10.1 Å². The molecule has 0 aliphatic rings. The maximum Gasteiger partial charge on any atom is 0.243 e. The molecule has 0 heterocycles. The van der Waals surface area contributed by atoms with Crippen LogP contribution in [0.5, 0.6) is 5.75 Å². The predicted molar refractivity (Wildman–Crippen MR) is 131 cm³/mol. The number of rotatable bonds is 10. The molecule has 33 heavy (non-hydrogen) atoms. The highest BCUT2D eigenvalue weighted by Crippen LogP contribution is 2.17. The average molecular weight is 465 g/mol. The Labute approximate surface area is 200 Å². The number of methoxy groups -OCH3 is 1. The maximum atomic E-state index is 13.3. The lowest BCUT2D eigenvalue weighted by Gasteiger charge is -2.30. The number of benzene rings is 3. The Bertz CT molecular complexity index is 1040. The van der Waals surface area contributed by atoms with E-state index in [9.17, 15) is 9.59 Å². The molecule has 5 nitrogen and oxygen atoms in total. The summed E-state index contributed by atoms with van der Waals surface area (Å²) >= 11 is 6.00. The molecule has 0 aliphatic carbocycles. The van der Waals surface area contributed by atoms with Crippen LogP contribution in [0.3, 0.4) is 0 Å². The second-order valence-electron chi connectivity index (χ2n) is 7.87. The maximum absolute atomic E-state index is 13.3. The minimum absolute atomic E-state index is 0.156. The first-order valence-corrected chi connectivity index (χ1v) is 11.3. The van der Waals surface area contributed by atoms with Gasteiger partial charge in [0.1, 0.15) is 11.8 Å². The number of carbonyl (C=O) groups is 2. The van der Waals surface area contributed by atoms with Crippen molar-refractivity contribution in [3.8, 4) is 5.75 Å². The molecule has 0 fully saturated rings. The molecule has 3 aromatic rings. The van der Waals surface area contributed by atoms with E-state index in [2.05, 4.69) is 5.32 Å². The third-order valence-corrected chi connectivity index (χ3v) is 5.75. The topological polar surface area (TPSA) is 58.6 Å². The van der Waals surface area contributed by atoms with Crippen molar-refractivity contribution in [3.05, 3.63) is 101 Å². The second kappa shape index (κ2) is 12.1. The van der Waals surface area contributed by atoms with Crippen LogP contribution in [-0.2, 0) is 29.0 Å². The fraction of sp³-hybridized carbons (Fsp3) is 0.259. The zero-order valence-electron chi connectivity index (χ0n) is 19.0. The summed E-state index contributed by atoms with van der Waals surface area (Å²) in [6.07, 6.45) is 1.12. The van der Waals surface area contributed by atoms with Crippen LogP contribution in [-0.4, -0.2) is 36.4 Å². The molecule has 0 spiro atoms. The first-order valence-electron chi connectivity index (χ1n) is 10.9. The molecule has 3 aromatic carbocycles. The highest BCUT2D eigenvalue weighted by Gasteiger charge is 2.28. The minimum atomic E-state index is -0.628. The van der Waals surface area contributed by atoms with Gasteiger partial charge in [-0.3, -0.25) is 9.59 Å². The van der Waals surface area contributed by atoms with Crippen molar-refractivity contribution in [3.63, 3.8) is 0 Å². The van der Waals surface area contributed by atoms with Gasteiger partial charge in [-0.15, -0.1) is 0 Å². The van der Waals surface area contributed by atoms with Crippen LogP contribution in [0.25, 0.3) is 0 Å². The Morgan fingerprint density at radius 1 is 0.909 bits per heavy atom. The van der Waals surface area contributed by atoms with E-state index < -0.39 is 6.04 Å². The predicted octanol–water partition coefficient (Wildman–Crippen LogP) is 4.67. The first-order chi connectivity index (χ1) is 16.0. The quantitative estimate of drug-likeness (QED) is 0.474. The van der Waals surface area contributed by atoms with Crippen LogP contribution in [0.1, 0.15) is 23.6 Å². The van der Waals surface area contributed by atoms with Gasteiger partial charge in [0.15, 0.2) is 0 Å². The minimum Gasteiger partial charge on any atom is -0.497 e. The monoisotopic (exact) mass is 464 g/mol. The van der Waals surface area contributed by atoms with Crippen molar-refractivity contribution in [2.75, 3.05) is 13.7 Å². The number of hydrogen-bond donors (Lipinski definition) is 1. The molecule has 0 aromatic heterocycles. The molecule has 0 saturated heterocycles. The molecule has 1 unspecified atom stereocenters. The van der Waals surface area contributed by atoms with Crippen molar-refractivity contribution in [2.45, 2.75) is 32.4 Å². The second-order valence-corrected chi connectivity index (χ2v) is 8.30. The van der Waals surface area contributed by atoms with E-state index in [0.29, 0.717) is 31.0 Å². The lowest BCUT2D eigenvalue weighted by atomic mass is 10.0. The fourth-order valence-corrected chi connectivity index (χ4v) is 3.78. The van der Waals surface area contributed by atoms with Crippen LogP contribution in [0.15, 0.2) is 78.9 Å². The molecule has 0 bridgehead atoms. The van der Waals surface area contributed by atoms with Crippen molar-refractivity contribution in [2.24, 2.45) is 0 Å². The molecular weight excluding hydrogens is 436 g/mol. The summed E-state index contributed by atoms with van der Waals surface area (Å²) in [5, 5.41) is 3.65. The largest absolute Gasteiger partial charge is 0.497 e. The highest BCUT2D eigenvalue weighted by atomic mass is 35.5. The van der Waals surface area contributed by atoms with E-state index >= 15 is 0 Å². The normalized spacial score (nSPS) is 11.5. The number of halogens is 1. The van der Waals surface area contributed by atoms with Crippen molar-refractivity contribution >= 4 is 23.4 Å². The van der Waals surface area contributed by atoms with Crippen LogP contribution in [0.2, 0.25) is 5.02 Å². The summed E-state index contributed by atoms with van der Waals surface area (Å²) in [6.45, 7) is 2.30. The van der Waals surface area contributed by atoms with Gasteiger partial charge < -0.3 is 15.0 Å². The lowest BCUT2D eigenvalue weighted by molar-refractivity contribution is -0.139. The van der Waals surface area contributed by atoms with Crippen LogP contribution >= 0.6 is 11.6 Å². The van der Waals surface area contributed by atoms with E-state index in [4.69, 9.17) is 16.3 Å². The molecule has 1 N–H and O–H groups in total. The van der Waals surface area contributed by atoms with Crippen molar-refractivity contribution in [1.29, 1.82) is 0 Å². The van der Waals surface area contributed by atoms with Gasteiger partial charge >= 0.3 is 0 Å². The smallest absolute Gasteiger partial charge is 0.243 e. The van der Waals surface area contributed by atoms with E-state index in [1.807, 2.05) is 66.7 Å². The molecule has 6 heteroatoms. The lowest BCUT2D eigenvalue weighted by Crippen LogP contribution is -2.50. The third kappa shape index (κ3) is 7.36. The van der Waals surface area contributed by atoms with Gasteiger partial charge in [-0.1, -0.05) is 66.2 Å². The molecule has 1 atom stereocenters. The van der Waals surface area contributed by atoms with E-state index in [-0.39, 0.29) is 11.8 Å². The number of ether oxygens (including phenoxy) is 1. The first kappa shape index (κ1) is 24.3. The zero-order valence-corrected chi connectivity index (χ0v) is 19.7. The van der Waals surface area contributed by atoms with Crippen molar-refractivity contribution in [1.82, 2.24) is 10.2 Å². The third-order valence-electron chi connectivity index (χ3n) is 5.49. The summed E-state index contributed by atoms with van der Waals surface area (Å²) in [4.78, 5) is 27.5. The molecule has 0 radical (unpaired) electrons. The molecule has 0 saturated carbocycles. The van der Waals surface area contributed by atoms with Gasteiger partial charge in [-0.05, 0) is 47.4 Å². The van der Waals surface area contributed by atoms with Gasteiger partial charge in [-0.25, -0.2) is 0 Å². The molecule has 2 amide bonds. The van der Waals surface area contributed by atoms with Crippen molar-refractivity contribution < 1.29 is 14.3 Å². The average Bonchev–Trinajstić information content (AvgIpc) is 2.83. The highest BCUT2D eigenvalue weighted by molar-refractivity contribution is 6.30. The van der Waals surface area contributed by atoms with Gasteiger partial charge in [0.25, 0.3) is 0 Å². The van der Waals surface area contributed by atoms with E-state index in [0.717, 1.165) is 22.4 Å². The van der Waals surface area contributed by atoms with Crippen LogP contribution in [0.4, 0.5) is 0 Å². The Balaban J connectivity index is 1.73. The standard InChI is InChI=1S/C27H29ClN2O3/c1-20(31)30(19-23-8-12-24(28)13-9-23)26(18-22-6-4-3-5-7-22)27(32)29-17-16-21-10-14-25(33-2)15-11-21/h3-15,26H,16-19H2,1-2H3,(H,29,32). The summed E-state index contributed by atoms with van der Waals surface area (Å²) in [6, 6.07) is 24.2. The summed E-state index contributed by atoms with van der Waals surface area (Å²) in [5.41, 5.74) is 3.01. The number of hydrogen-bond acceptors (Lipinski definition) is 3. The number of nitrogens with one attached hydrogen (secondary N) is 1. The number of nitrogens with zero attached hydrogens (tertiary/aromatic N) is 1. The molecular formula is C27H29ClN2O3. The summed E-state index contributed by atoms with van der Waals surface area (Å²) in [7, 11) is 1.63. The number of carbonyl (C=O) groups excluding carboxylic acids is 2. The summed E-state index contributed by atoms with van der Waals surface area (Å²) in [5.74, 6) is 0.470. The SMILES string of the molecule is COc1ccc(CCNC(=O)C(Cc2ccccc2)N(Cc2ccc(Cl)cc2)C(C)=O)cc1. The Hall–Kier alpha value is -3.31. The molecule has 3 rings (SSSR count). The van der Waals surface area contributed by atoms with Gasteiger partial charge in [0.2, 0.25) is 11.8 Å². The Morgan fingerprint density at radius 3 is 2.15 bits per heavy atom.